The van der Waals surface area contributed by atoms with Gasteiger partial charge in [0.15, 0.2) is 5.82 Å². The molecule has 0 radical (unpaired) electrons. The second-order valence-electron chi connectivity index (χ2n) is 5.68. The molecule has 1 fully saturated rings. The van der Waals surface area contributed by atoms with Crippen molar-refractivity contribution in [1.82, 2.24) is 9.97 Å². The minimum Gasteiger partial charge on any atom is -0.366 e. The zero-order valence-electron chi connectivity index (χ0n) is 12.0. The lowest BCUT2D eigenvalue weighted by molar-refractivity contribution is 0.470. The zero-order valence-corrected chi connectivity index (χ0v) is 12.0. The fraction of sp³-hybridized carbons (Fsp3) is 0.733. The highest BCUT2D eigenvalue weighted by molar-refractivity contribution is 5.69. The maximum Gasteiger partial charge on any atom is 0.156 e. The van der Waals surface area contributed by atoms with Crippen molar-refractivity contribution in [2.24, 2.45) is 0 Å². The van der Waals surface area contributed by atoms with Crippen molar-refractivity contribution in [1.29, 1.82) is 0 Å². The Morgan fingerprint density at radius 3 is 2.74 bits per heavy atom. The predicted octanol–water partition coefficient (Wildman–Crippen LogP) is 2.84. The molecule has 0 aromatic carbocycles. The number of nitrogens with zero attached hydrogens (tertiary/aromatic N) is 4. The van der Waals surface area contributed by atoms with Gasteiger partial charge in [-0.05, 0) is 26.2 Å². The molecule has 0 spiro atoms. The average molecular weight is 260 g/mol. The molecule has 2 heterocycles. The second kappa shape index (κ2) is 5.35. The Balaban J connectivity index is 1.99. The number of fused-ring (bicyclic) bond motifs is 1. The molecule has 0 saturated heterocycles. The van der Waals surface area contributed by atoms with E-state index in [1.165, 1.54) is 43.6 Å². The molecule has 0 bridgehead atoms. The van der Waals surface area contributed by atoms with Gasteiger partial charge in [-0.1, -0.05) is 19.8 Å². The number of hydrogen-bond acceptors (Lipinski definition) is 4. The van der Waals surface area contributed by atoms with Gasteiger partial charge in [0.2, 0.25) is 0 Å². The Morgan fingerprint density at radius 2 is 2.05 bits per heavy atom. The fourth-order valence-electron chi connectivity index (χ4n) is 3.63. The van der Waals surface area contributed by atoms with Gasteiger partial charge >= 0.3 is 0 Å². The van der Waals surface area contributed by atoms with Crippen LogP contribution in [0, 0.1) is 0 Å². The Kier molecular flexibility index (Phi) is 3.58. The van der Waals surface area contributed by atoms with Gasteiger partial charge in [0, 0.05) is 25.2 Å². The lowest BCUT2D eigenvalue weighted by Gasteiger charge is -2.45. The van der Waals surface area contributed by atoms with Crippen LogP contribution in [0.4, 0.5) is 11.5 Å². The van der Waals surface area contributed by atoms with Gasteiger partial charge in [0.25, 0.3) is 0 Å². The van der Waals surface area contributed by atoms with Crippen molar-refractivity contribution in [3.05, 3.63) is 12.5 Å². The molecule has 4 heteroatoms. The molecule has 1 unspecified atom stereocenters. The van der Waals surface area contributed by atoms with Gasteiger partial charge in [0.05, 0.1) is 11.9 Å². The van der Waals surface area contributed by atoms with Crippen molar-refractivity contribution in [2.45, 2.75) is 58.0 Å². The summed E-state index contributed by atoms with van der Waals surface area (Å²) in [5.74, 6) is 1.17. The molecule has 2 aliphatic rings. The summed E-state index contributed by atoms with van der Waals surface area (Å²) in [5, 5.41) is 0. The third-order valence-electron chi connectivity index (χ3n) is 4.65. The maximum absolute atomic E-state index is 4.61. The van der Waals surface area contributed by atoms with Gasteiger partial charge in [-0.15, -0.1) is 0 Å². The highest BCUT2D eigenvalue weighted by Crippen LogP contribution is 2.38. The molecular formula is C15H24N4. The summed E-state index contributed by atoms with van der Waals surface area (Å²) in [7, 11) is 0. The average Bonchev–Trinajstić information content (AvgIpc) is 2.99. The van der Waals surface area contributed by atoms with Gasteiger partial charge in [0.1, 0.15) is 6.33 Å². The van der Waals surface area contributed by atoms with E-state index in [1.54, 1.807) is 6.33 Å². The van der Waals surface area contributed by atoms with E-state index < -0.39 is 0 Å². The summed E-state index contributed by atoms with van der Waals surface area (Å²) in [6.07, 6.45) is 10.3. The molecule has 1 aliphatic carbocycles. The van der Waals surface area contributed by atoms with Crippen LogP contribution in [0.5, 0.6) is 0 Å². The molecule has 1 aromatic rings. The van der Waals surface area contributed by atoms with Crippen molar-refractivity contribution < 1.29 is 0 Å². The van der Waals surface area contributed by atoms with E-state index >= 15 is 0 Å². The lowest BCUT2D eigenvalue weighted by atomic mass is 10.0. The fourth-order valence-corrected chi connectivity index (χ4v) is 3.63. The van der Waals surface area contributed by atoms with Crippen LogP contribution in [0.2, 0.25) is 0 Å². The maximum atomic E-state index is 4.61. The van der Waals surface area contributed by atoms with E-state index in [0.29, 0.717) is 12.1 Å². The smallest absolute Gasteiger partial charge is 0.156 e. The number of rotatable bonds is 3. The number of hydrogen-bond donors (Lipinski definition) is 0. The highest BCUT2D eigenvalue weighted by atomic mass is 15.3. The van der Waals surface area contributed by atoms with E-state index in [9.17, 15) is 0 Å². The zero-order chi connectivity index (χ0) is 13.2. The minimum atomic E-state index is 0.602. The summed E-state index contributed by atoms with van der Waals surface area (Å²) >= 11 is 0. The predicted molar refractivity (Wildman–Crippen MR) is 78.7 cm³/mol. The van der Waals surface area contributed by atoms with Crippen molar-refractivity contribution >= 4 is 11.5 Å². The first-order valence-electron chi connectivity index (χ1n) is 7.68. The van der Waals surface area contributed by atoms with Crippen LogP contribution in [-0.4, -0.2) is 35.1 Å². The first-order valence-corrected chi connectivity index (χ1v) is 7.68. The number of aromatic nitrogens is 2. The lowest BCUT2D eigenvalue weighted by Crippen LogP contribution is -2.52. The van der Waals surface area contributed by atoms with Gasteiger partial charge in [-0.25, -0.2) is 9.97 Å². The van der Waals surface area contributed by atoms with E-state index in [0.717, 1.165) is 13.1 Å². The Hall–Kier alpha value is -1.32. The van der Waals surface area contributed by atoms with E-state index in [1.807, 2.05) is 6.20 Å². The highest BCUT2D eigenvalue weighted by Gasteiger charge is 2.35. The third-order valence-corrected chi connectivity index (χ3v) is 4.65. The molecule has 1 saturated carbocycles. The minimum absolute atomic E-state index is 0.602. The molecule has 0 amide bonds. The Labute approximate surface area is 115 Å². The summed E-state index contributed by atoms with van der Waals surface area (Å²) in [5.41, 5.74) is 1.22. The topological polar surface area (TPSA) is 32.3 Å². The van der Waals surface area contributed by atoms with Crippen LogP contribution in [0.1, 0.15) is 46.0 Å². The summed E-state index contributed by atoms with van der Waals surface area (Å²) in [4.78, 5) is 13.9. The van der Waals surface area contributed by atoms with Gasteiger partial charge < -0.3 is 9.80 Å². The number of anilines is 2. The molecule has 19 heavy (non-hydrogen) atoms. The third kappa shape index (κ3) is 2.17. The SMILES string of the molecule is CCC1CN(CC)c2cncnc2N1C1CCCC1. The standard InChI is InChI=1S/C15H24N4/c1-3-12-10-18(4-2)14-9-16-11-17-15(14)19(12)13-7-5-6-8-13/h9,11-13H,3-8,10H2,1-2H3. The molecule has 1 atom stereocenters. The molecule has 4 nitrogen and oxygen atoms in total. The van der Waals surface area contributed by atoms with Crippen LogP contribution in [0.15, 0.2) is 12.5 Å². The van der Waals surface area contributed by atoms with Crippen LogP contribution in [-0.2, 0) is 0 Å². The van der Waals surface area contributed by atoms with Crippen molar-refractivity contribution in [3.8, 4) is 0 Å². The van der Waals surface area contributed by atoms with E-state index in [-0.39, 0.29) is 0 Å². The van der Waals surface area contributed by atoms with Crippen LogP contribution < -0.4 is 9.80 Å². The van der Waals surface area contributed by atoms with Crippen molar-refractivity contribution in [2.75, 3.05) is 22.9 Å². The summed E-state index contributed by atoms with van der Waals surface area (Å²) in [6.45, 7) is 6.67. The summed E-state index contributed by atoms with van der Waals surface area (Å²) in [6, 6.07) is 1.29. The van der Waals surface area contributed by atoms with Gasteiger partial charge in [-0.3, -0.25) is 0 Å². The first kappa shape index (κ1) is 12.7. The largest absolute Gasteiger partial charge is 0.366 e. The van der Waals surface area contributed by atoms with Crippen molar-refractivity contribution in [3.63, 3.8) is 0 Å². The van der Waals surface area contributed by atoms with Crippen LogP contribution in [0.25, 0.3) is 0 Å². The molecule has 0 N–H and O–H groups in total. The molecule has 104 valence electrons. The summed E-state index contributed by atoms with van der Waals surface area (Å²) < 4.78 is 0. The van der Waals surface area contributed by atoms with Crippen LogP contribution >= 0.6 is 0 Å². The second-order valence-corrected chi connectivity index (χ2v) is 5.68. The normalized spacial score (nSPS) is 23.8. The van der Waals surface area contributed by atoms with Gasteiger partial charge in [-0.2, -0.15) is 0 Å². The quantitative estimate of drug-likeness (QED) is 0.836. The monoisotopic (exact) mass is 260 g/mol. The molecule has 1 aromatic heterocycles. The molecule has 1 aliphatic heterocycles. The van der Waals surface area contributed by atoms with Crippen LogP contribution in [0.3, 0.4) is 0 Å². The Morgan fingerprint density at radius 1 is 1.26 bits per heavy atom. The Bertz CT molecular complexity index is 428. The molecular weight excluding hydrogens is 236 g/mol. The molecule has 3 rings (SSSR count). The van der Waals surface area contributed by atoms with E-state index in [2.05, 4.69) is 33.6 Å². The first-order chi connectivity index (χ1) is 9.35. The van der Waals surface area contributed by atoms with E-state index in [4.69, 9.17) is 0 Å². The number of likely N-dealkylation sites (N-methyl/N-ethyl adjacent to an activating group) is 1.